The molecule has 0 saturated heterocycles. The molecule has 0 radical (unpaired) electrons. The van der Waals surface area contributed by atoms with Crippen LogP contribution in [0.15, 0.2) is 70.2 Å². The molecule has 0 fully saturated rings. The highest BCUT2D eigenvalue weighted by atomic mass is 79.9. The maximum absolute atomic E-state index is 6.52. The summed E-state index contributed by atoms with van der Waals surface area (Å²) in [5.41, 5.74) is 3.99. The maximum Gasteiger partial charge on any atom is 0.213 e. The van der Waals surface area contributed by atoms with E-state index in [9.17, 15) is 0 Å². The standard InChI is InChI=1S/C23H17BrCl2N2O2/c1-29-17-8-4-13(5-9-17)20-12-21-18-10-16(25)11-19(26)22(18)30-23(28(21)27-20)14-2-6-15(24)7-3-14/h2-11,21,23H,12H2,1H3/t21-,23+/m1/s1. The van der Waals surface area contributed by atoms with E-state index in [-0.39, 0.29) is 12.3 Å². The molecule has 4 nitrogen and oxygen atoms in total. The second-order valence-electron chi connectivity index (χ2n) is 7.20. The fraction of sp³-hybridized carbons (Fsp3) is 0.174. The van der Waals surface area contributed by atoms with Gasteiger partial charge in [0.25, 0.3) is 0 Å². The van der Waals surface area contributed by atoms with Gasteiger partial charge in [0.15, 0.2) is 0 Å². The van der Waals surface area contributed by atoms with Gasteiger partial charge >= 0.3 is 0 Å². The van der Waals surface area contributed by atoms with Crippen LogP contribution < -0.4 is 9.47 Å². The van der Waals surface area contributed by atoms with Crippen LogP contribution in [0.2, 0.25) is 10.0 Å². The number of benzene rings is 3. The van der Waals surface area contributed by atoms with Crippen molar-refractivity contribution in [2.24, 2.45) is 5.10 Å². The zero-order valence-electron chi connectivity index (χ0n) is 16.0. The van der Waals surface area contributed by atoms with Gasteiger partial charge in [-0.3, -0.25) is 0 Å². The number of nitrogens with zero attached hydrogens (tertiary/aromatic N) is 2. The molecule has 3 aromatic rings. The van der Waals surface area contributed by atoms with Gasteiger partial charge in [0.1, 0.15) is 11.5 Å². The quantitative estimate of drug-likeness (QED) is 0.385. The molecule has 0 N–H and O–H groups in total. The minimum atomic E-state index is -0.384. The number of ether oxygens (including phenoxy) is 2. The predicted octanol–water partition coefficient (Wildman–Crippen LogP) is 7.01. The maximum atomic E-state index is 6.52. The van der Waals surface area contributed by atoms with Crippen molar-refractivity contribution in [1.29, 1.82) is 0 Å². The zero-order chi connectivity index (χ0) is 20.8. The summed E-state index contributed by atoms with van der Waals surface area (Å²) in [5.74, 6) is 1.48. The predicted molar refractivity (Wildman–Crippen MR) is 123 cm³/mol. The van der Waals surface area contributed by atoms with E-state index in [2.05, 4.69) is 15.9 Å². The Morgan fingerprint density at radius 3 is 2.50 bits per heavy atom. The summed E-state index contributed by atoms with van der Waals surface area (Å²) in [6, 6.07) is 19.6. The highest BCUT2D eigenvalue weighted by molar-refractivity contribution is 9.10. The Kier molecular flexibility index (Phi) is 5.13. The van der Waals surface area contributed by atoms with Crippen LogP contribution in [0, 0.1) is 0 Å². The third-order valence-corrected chi connectivity index (χ3v) is 6.41. The van der Waals surface area contributed by atoms with Gasteiger partial charge in [-0.05, 0) is 54.1 Å². The molecule has 0 saturated carbocycles. The van der Waals surface area contributed by atoms with Crippen molar-refractivity contribution in [3.63, 3.8) is 0 Å². The molecule has 0 spiro atoms. The van der Waals surface area contributed by atoms with Crippen LogP contribution in [0.25, 0.3) is 0 Å². The van der Waals surface area contributed by atoms with E-state index in [4.69, 9.17) is 37.8 Å². The molecule has 2 aliphatic heterocycles. The van der Waals surface area contributed by atoms with Gasteiger partial charge in [-0.15, -0.1) is 0 Å². The monoisotopic (exact) mass is 502 g/mol. The summed E-state index contributed by atoms with van der Waals surface area (Å²) in [7, 11) is 1.66. The van der Waals surface area contributed by atoms with Crippen LogP contribution in [0.1, 0.15) is 35.4 Å². The second-order valence-corrected chi connectivity index (χ2v) is 8.96. The van der Waals surface area contributed by atoms with Crippen molar-refractivity contribution in [3.8, 4) is 11.5 Å². The van der Waals surface area contributed by atoms with Crippen LogP contribution >= 0.6 is 39.1 Å². The topological polar surface area (TPSA) is 34.1 Å². The van der Waals surface area contributed by atoms with E-state index in [0.717, 1.165) is 39.0 Å². The van der Waals surface area contributed by atoms with Gasteiger partial charge in [-0.2, -0.15) is 5.10 Å². The lowest BCUT2D eigenvalue weighted by molar-refractivity contribution is -0.0189. The van der Waals surface area contributed by atoms with Crippen molar-refractivity contribution in [2.45, 2.75) is 18.7 Å². The number of hydrazone groups is 1. The first-order valence-electron chi connectivity index (χ1n) is 9.45. The smallest absolute Gasteiger partial charge is 0.213 e. The number of hydrogen-bond donors (Lipinski definition) is 0. The molecule has 0 aliphatic carbocycles. The number of methoxy groups -OCH3 is 1. The first-order chi connectivity index (χ1) is 14.5. The van der Waals surface area contributed by atoms with Crippen LogP contribution in [0.3, 0.4) is 0 Å². The van der Waals surface area contributed by atoms with E-state index in [0.29, 0.717) is 15.8 Å². The van der Waals surface area contributed by atoms with Gasteiger partial charge in [-0.1, -0.05) is 51.3 Å². The molecule has 0 aromatic heterocycles. The molecule has 3 aromatic carbocycles. The van der Waals surface area contributed by atoms with Gasteiger partial charge in [0.05, 0.1) is 23.9 Å². The summed E-state index contributed by atoms with van der Waals surface area (Å²) in [6.07, 6.45) is 0.344. The summed E-state index contributed by atoms with van der Waals surface area (Å²) in [4.78, 5) is 0. The molecule has 7 heteroatoms. The molecule has 0 amide bonds. The number of fused-ring (bicyclic) bond motifs is 3. The minimum absolute atomic E-state index is 0.0179. The van der Waals surface area contributed by atoms with E-state index >= 15 is 0 Å². The van der Waals surface area contributed by atoms with E-state index in [1.165, 1.54) is 0 Å². The Hall–Kier alpha value is -2.21. The number of hydrogen-bond acceptors (Lipinski definition) is 4. The van der Waals surface area contributed by atoms with Crippen molar-refractivity contribution in [2.75, 3.05) is 7.11 Å². The zero-order valence-corrected chi connectivity index (χ0v) is 19.1. The largest absolute Gasteiger partial charge is 0.497 e. The van der Waals surface area contributed by atoms with Crippen LogP contribution in [-0.4, -0.2) is 17.8 Å². The second kappa shape index (κ2) is 7.80. The first-order valence-corrected chi connectivity index (χ1v) is 11.0. The Labute approximate surface area is 193 Å². The molecule has 5 rings (SSSR count). The van der Waals surface area contributed by atoms with Gasteiger partial charge in [0.2, 0.25) is 6.23 Å². The summed E-state index contributed by atoms with van der Waals surface area (Å²) in [5, 5.41) is 8.07. The summed E-state index contributed by atoms with van der Waals surface area (Å²) in [6.45, 7) is 0. The third-order valence-electron chi connectivity index (χ3n) is 5.39. The summed E-state index contributed by atoms with van der Waals surface area (Å²) < 4.78 is 12.7. The Morgan fingerprint density at radius 2 is 1.80 bits per heavy atom. The molecule has 2 atom stereocenters. The molecule has 0 bridgehead atoms. The Balaban J connectivity index is 1.60. The fourth-order valence-electron chi connectivity index (χ4n) is 3.92. The van der Waals surface area contributed by atoms with Crippen molar-refractivity contribution in [1.82, 2.24) is 5.01 Å². The Bertz CT molecular complexity index is 1130. The lowest BCUT2D eigenvalue weighted by Crippen LogP contribution is -2.33. The average molecular weight is 504 g/mol. The van der Waals surface area contributed by atoms with E-state index in [1.807, 2.05) is 59.6 Å². The van der Waals surface area contributed by atoms with Gasteiger partial charge < -0.3 is 9.47 Å². The lowest BCUT2D eigenvalue weighted by Gasteiger charge is -2.38. The minimum Gasteiger partial charge on any atom is -0.497 e. The van der Waals surface area contributed by atoms with Gasteiger partial charge in [-0.25, -0.2) is 5.01 Å². The van der Waals surface area contributed by atoms with Crippen LogP contribution in [0.5, 0.6) is 11.5 Å². The molecule has 2 heterocycles. The van der Waals surface area contributed by atoms with E-state index in [1.54, 1.807) is 13.2 Å². The van der Waals surface area contributed by atoms with Crippen molar-refractivity contribution in [3.05, 3.63) is 91.9 Å². The van der Waals surface area contributed by atoms with Crippen molar-refractivity contribution < 1.29 is 9.47 Å². The van der Waals surface area contributed by atoms with E-state index < -0.39 is 0 Å². The van der Waals surface area contributed by atoms with Gasteiger partial charge in [0, 0.05) is 27.0 Å². The molecule has 2 aliphatic rings. The van der Waals surface area contributed by atoms with Crippen LogP contribution in [0.4, 0.5) is 0 Å². The molecule has 30 heavy (non-hydrogen) atoms. The Morgan fingerprint density at radius 1 is 1.07 bits per heavy atom. The number of halogens is 3. The molecule has 152 valence electrons. The first kappa shape index (κ1) is 19.7. The average Bonchev–Trinajstić information content (AvgIpc) is 3.20. The fourth-order valence-corrected chi connectivity index (χ4v) is 4.74. The highest BCUT2D eigenvalue weighted by Crippen LogP contribution is 2.50. The molecular formula is C23H17BrCl2N2O2. The van der Waals surface area contributed by atoms with Crippen molar-refractivity contribution >= 4 is 44.8 Å². The summed E-state index contributed by atoms with van der Waals surface area (Å²) >= 11 is 16.3. The SMILES string of the molecule is COc1ccc(C2=NN3[C@H](C2)c2cc(Cl)cc(Cl)c2O[C@H]3c2ccc(Br)cc2)cc1. The molecule has 0 unspecified atom stereocenters. The highest BCUT2D eigenvalue weighted by Gasteiger charge is 2.42. The van der Waals surface area contributed by atoms with Crippen LogP contribution in [-0.2, 0) is 0 Å². The molecular weight excluding hydrogens is 487 g/mol. The number of rotatable bonds is 3. The lowest BCUT2D eigenvalue weighted by atomic mass is 9.96. The third kappa shape index (κ3) is 3.45. The normalized spacial score (nSPS) is 19.6.